The van der Waals surface area contributed by atoms with Crippen LogP contribution in [0.25, 0.3) is 0 Å². The molecule has 0 unspecified atom stereocenters. The molecule has 0 aliphatic rings. The second-order valence-corrected chi connectivity index (χ2v) is 2.21. The molecular weight excluding hydrogens is 239 g/mol. The van der Waals surface area contributed by atoms with E-state index in [1.807, 2.05) is 22.6 Å². The lowest BCUT2D eigenvalue weighted by molar-refractivity contribution is -0.163. The Labute approximate surface area is 65.3 Å². The summed E-state index contributed by atoms with van der Waals surface area (Å²) in [6, 6.07) is 0. The molecule has 5 heteroatoms. The van der Waals surface area contributed by atoms with Gasteiger partial charge < -0.3 is 9.84 Å². The molecule has 0 atom stereocenters. The van der Waals surface area contributed by atoms with Gasteiger partial charge in [0, 0.05) is 4.43 Å². The van der Waals surface area contributed by atoms with Crippen LogP contribution >= 0.6 is 22.6 Å². The van der Waals surface area contributed by atoms with Crippen LogP contribution in [0.15, 0.2) is 0 Å². The number of aliphatic carboxylic acids is 1. The van der Waals surface area contributed by atoms with E-state index in [2.05, 4.69) is 4.74 Å². The molecule has 0 aromatic heterocycles. The molecule has 4 nitrogen and oxygen atoms in total. The number of carbonyl (C=O) groups excluding carboxylic acids is 1. The van der Waals surface area contributed by atoms with Crippen molar-refractivity contribution in [2.45, 2.75) is 0 Å². The second kappa shape index (κ2) is 4.54. The minimum Gasteiger partial charge on any atom is -0.473 e. The van der Waals surface area contributed by atoms with Crippen LogP contribution in [-0.4, -0.2) is 28.1 Å². The Kier molecular flexibility index (Phi) is 4.37. The average molecular weight is 244 g/mol. The third-order valence-electron chi connectivity index (χ3n) is 0.485. The molecule has 0 amide bonds. The zero-order valence-electron chi connectivity index (χ0n) is 4.46. The summed E-state index contributed by atoms with van der Waals surface area (Å²) < 4.78 is 4.81. The highest BCUT2D eigenvalue weighted by atomic mass is 127. The first kappa shape index (κ1) is 8.67. The van der Waals surface area contributed by atoms with Crippen molar-refractivity contribution in [2.75, 3.05) is 11.0 Å². The minimum absolute atomic E-state index is 0.158. The molecule has 0 fully saturated rings. The van der Waals surface area contributed by atoms with Crippen molar-refractivity contribution >= 4 is 34.5 Å². The standard InChI is InChI=1S/C4H5IO4/c5-1-2-9-4(8)3(6)7/h1-2H2,(H,6,7). The van der Waals surface area contributed by atoms with Gasteiger partial charge in [-0.2, -0.15) is 0 Å². The molecule has 0 aliphatic heterocycles. The SMILES string of the molecule is O=C(O)C(=O)OCCI. The molecule has 52 valence electrons. The second-order valence-electron chi connectivity index (χ2n) is 1.13. The Balaban J connectivity index is 3.39. The highest BCUT2D eigenvalue weighted by molar-refractivity contribution is 14.1. The predicted molar refractivity (Wildman–Crippen MR) is 37.5 cm³/mol. The number of ether oxygens (including phenoxy) is 1. The van der Waals surface area contributed by atoms with Gasteiger partial charge in [0.2, 0.25) is 0 Å². The highest BCUT2D eigenvalue weighted by Gasteiger charge is 2.10. The van der Waals surface area contributed by atoms with Crippen LogP contribution in [0.4, 0.5) is 0 Å². The normalized spacial score (nSPS) is 8.56. The molecule has 0 heterocycles. The van der Waals surface area contributed by atoms with E-state index in [1.54, 1.807) is 0 Å². The van der Waals surface area contributed by atoms with Gasteiger partial charge in [-0.15, -0.1) is 0 Å². The molecule has 0 bridgehead atoms. The molecule has 1 N–H and O–H groups in total. The molecule has 0 rings (SSSR count). The van der Waals surface area contributed by atoms with E-state index in [0.717, 1.165) is 0 Å². The quantitative estimate of drug-likeness (QED) is 0.322. The van der Waals surface area contributed by atoms with Crippen LogP contribution in [0.2, 0.25) is 0 Å². The van der Waals surface area contributed by atoms with E-state index in [0.29, 0.717) is 4.43 Å². The Morgan fingerprint density at radius 3 is 2.44 bits per heavy atom. The summed E-state index contributed by atoms with van der Waals surface area (Å²) in [5.74, 6) is -2.73. The number of carboxylic acid groups (broad SMARTS) is 1. The molecule has 0 aromatic carbocycles. The maximum Gasteiger partial charge on any atom is 0.417 e. The Bertz CT molecular complexity index is 122. The minimum atomic E-state index is -1.54. The maximum atomic E-state index is 10.1. The Morgan fingerprint density at radius 1 is 1.56 bits per heavy atom. The van der Waals surface area contributed by atoms with Crippen molar-refractivity contribution in [1.29, 1.82) is 0 Å². The monoisotopic (exact) mass is 244 g/mol. The zero-order valence-corrected chi connectivity index (χ0v) is 6.62. The summed E-state index contributed by atoms with van der Waals surface area (Å²) in [5.41, 5.74) is 0. The lowest BCUT2D eigenvalue weighted by Crippen LogP contribution is -2.17. The Hall–Kier alpha value is -0.330. The van der Waals surface area contributed by atoms with Crippen molar-refractivity contribution in [1.82, 2.24) is 0 Å². The highest BCUT2D eigenvalue weighted by Crippen LogP contribution is 1.83. The number of carbonyl (C=O) groups is 2. The smallest absolute Gasteiger partial charge is 0.417 e. The first-order valence-corrected chi connectivity index (χ1v) is 3.67. The third kappa shape index (κ3) is 4.19. The van der Waals surface area contributed by atoms with Gasteiger partial charge in [0.15, 0.2) is 0 Å². The largest absolute Gasteiger partial charge is 0.473 e. The van der Waals surface area contributed by atoms with Crippen LogP contribution in [0.5, 0.6) is 0 Å². The number of halogens is 1. The third-order valence-corrected chi connectivity index (χ3v) is 0.925. The van der Waals surface area contributed by atoms with E-state index in [9.17, 15) is 9.59 Å². The topological polar surface area (TPSA) is 63.6 Å². The van der Waals surface area contributed by atoms with Crippen LogP contribution in [-0.2, 0) is 14.3 Å². The van der Waals surface area contributed by atoms with Crippen molar-refractivity contribution in [3.05, 3.63) is 0 Å². The van der Waals surface area contributed by atoms with Gasteiger partial charge >= 0.3 is 11.9 Å². The van der Waals surface area contributed by atoms with E-state index < -0.39 is 11.9 Å². The van der Waals surface area contributed by atoms with Gasteiger partial charge in [0.1, 0.15) is 6.61 Å². The molecule has 0 saturated carbocycles. The fourth-order valence-electron chi connectivity index (χ4n) is 0.193. The first-order chi connectivity index (χ1) is 4.18. The van der Waals surface area contributed by atoms with Gasteiger partial charge in [-0.05, 0) is 0 Å². The van der Waals surface area contributed by atoms with E-state index in [-0.39, 0.29) is 6.61 Å². The molecule has 0 aliphatic carbocycles. The summed E-state index contributed by atoms with van der Waals surface area (Å²) in [4.78, 5) is 19.8. The van der Waals surface area contributed by atoms with E-state index in [1.165, 1.54) is 0 Å². The van der Waals surface area contributed by atoms with Crippen molar-refractivity contribution < 1.29 is 19.4 Å². The van der Waals surface area contributed by atoms with Gasteiger partial charge in [-0.25, -0.2) is 9.59 Å². The molecule has 9 heavy (non-hydrogen) atoms. The number of hydrogen-bond donors (Lipinski definition) is 1. The van der Waals surface area contributed by atoms with Crippen LogP contribution < -0.4 is 0 Å². The summed E-state index contributed by atoms with van der Waals surface area (Å²) in [5, 5.41) is 7.93. The van der Waals surface area contributed by atoms with Crippen LogP contribution in [0.1, 0.15) is 0 Å². The lowest BCUT2D eigenvalue weighted by Gasteiger charge is -1.94. The molecule has 0 radical (unpaired) electrons. The molecule has 0 spiro atoms. The number of rotatable bonds is 2. The van der Waals surface area contributed by atoms with Crippen LogP contribution in [0.3, 0.4) is 0 Å². The van der Waals surface area contributed by atoms with Gasteiger partial charge in [0.05, 0.1) is 0 Å². The first-order valence-electron chi connectivity index (χ1n) is 2.14. The molecular formula is C4H5IO4. The fourth-order valence-corrected chi connectivity index (χ4v) is 0.413. The molecule has 0 saturated heterocycles. The number of alkyl halides is 1. The van der Waals surface area contributed by atoms with Gasteiger partial charge in [-0.3, -0.25) is 0 Å². The maximum absolute atomic E-state index is 10.1. The predicted octanol–water partition coefficient (Wildman–Crippen LogP) is 0.0492. The summed E-state index contributed by atoms with van der Waals surface area (Å²) in [7, 11) is 0. The summed E-state index contributed by atoms with van der Waals surface area (Å²) in [6.07, 6.45) is 0. The van der Waals surface area contributed by atoms with Crippen molar-refractivity contribution in [3.63, 3.8) is 0 Å². The Morgan fingerprint density at radius 2 is 2.11 bits per heavy atom. The zero-order chi connectivity index (χ0) is 7.28. The lowest BCUT2D eigenvalue weighted by atomic mass is 10.7. The van der Waals surface area contributed by atoms with Crippen molar-refractivity contribution in [2.24, 2.45) is 0 Å². The van der Waals surface area contributed by atoms with E-state index in [4.69, 9.17) is 5.11 Å². The van der Waals surface area contributed by atoms with Crippen LogP contribution in [0, 0.1) is 0 Å². The average Bonchev–Trinajstić information content (AvgIpc) is 1.82. The van der Waals surface area contributed by atoms with Gasteiger partial charge in [-0.1, -0.05) is 22.6 Å². The van der Waals surface area contributed by atoms with Crippen molar-refractivity contribution in [3.8, 4) is 0 Å². The van der Waals surface area contributed by atoms with E-state index >= 15 is 0 Å². The number of carboxylic acids is 1. The molecule has 0 aromatic rings. The fraction of sp³-hybridized carbons (Fsp3) is 0.500. The summed E-state index contributed by atoms with van der Waals surface area (Å²) in [6.45, 7) is 0.158. The van der Waals surface area contributed by atoms with Gasteiger partial charge in [0.25, 0.3) is 0 Å². The summed E-state index contributed by atoms with van der Waals surface area (Å²) >= 11 is 1.97. The number of esters is 1. The number of hydrogen-bond acceptors (Lipinski definition) is 3.